The van der Waals surface area contributed by atoms with Crippen molar-refractivity contribution >= 4 is 29.1 Å². The highest BCUT2D eigenvalue weighted by molar-refractivity contribution is 6.30. The average molecular weight is 359 g/mol. The van der Waals surface area contributed by atoms with Gasteiger partial charge in [0.1, 0.15) is 5.75 Å². The Morgan fingerprint density at radius 3 is 2.64 bits per heavy atom. The topological polar surface area (TPSA) is 67.4 Å². The van der Waals surface area contributed by atoms with Gasteiger partial charge in [-0.05, 0) is 56.2 Å². The van der Waals surface area contributed by atoms with E-state index >= 15 is 0 Å². The van der Waals surface area contributed by atoms with Crippen molar-refractivity contribution < 1.29 is 14.3 Å². The van der Waals surface area contributed by atoms with E-state index in [4.69, 9.17) is 16.3 Å². The first kappa shape index (κ1) is 17.3. The van der Waals surface area contributed by atoms with Gasteiger partial charge in [0, 0.05) is 22.3 Å². The first-order chi connectivity index (χ1) is 12.0. The van der Waals surface area contributed by atoms with Crippen LogP contribution in [0.1, 0.15) is 30.1 Å². The zero-order valence-corrected chi connectivity index (χ0v) is 14.5. The number of benzene rings is 2. The number of rotatable bonds is 6. The van der Waals surface area contributed by atoms with Crippen molar-refractivity contribution in [1.82, 2.24) is 5.32 Å². The Labute approximate surface area is 151 Å². The van der Waals surface area contributed by atoms with Crippen molar-refractivity contribution in [1.29, 1.82) is 0 Å². The van der Waals surface area contributed by atoms with Crippen LogP contribution in [0.15, 0.2) is 48.5 Å². The van der Waals surface area contributed by atoms with Crippen LogP contribution in [-0.2, 0) is 4.79 Å². The van der Waals surface area contributed by atoms with Crippen molar-refractivity contribution in [3.05, 3.63) is 59.1 Å². The Morgan fingerprint density at radius 1 is 1.16 bits per heavy atom. The van der Waals surface area contributed by atoms with Gasteiger partial charge in [-0.3, -0.25) is 9.59 Å². The summed E-state index contributed by atoms with van der Waals surface area (Å²) in [5.41, 5.74) is 1.07. The van der Waals surface area contributed by atoms with Gasteiger partial charge in [-0.25, -0.2) is 0 Å². The highest BCUT2D eigenvalue weighted by Crippen LogP contribution is 2.21. The molecule has 0 bridgehead atoms. The van der Waals surface area contributed by atoms with Crippen LogP contribution in [0.4, 0.5) is 5.69 Å². The molecule has 2 amide bonds. The lowest BCUT2D eigenvalue weighted by Crippen LogP contribution is -2.30. The predicted molar refractivity (Wildman–Crippen MR) is 97.1 cm³/mol. The SMILES string of the molecule is C[C@@H](Oc1cccc(Cl)c1)C(=O)Nc1cccc(C(=O)NC2CC2)c1. The number of hydrogen-bond donors (Lipinski definition) is 2. The summed E-state index contributed by atoms with van der Waals surface area (Å²) in [7, 11) is 0. The van der Waals surface area contributed by atoms with Crippen LogP contribution in [0.3, 0.4) is 0 Å². The number of carbonyl (C=O) groups is 2. The minimum Gasteiger partial charge on any atom is -0.481 e. The van der Waals surface area contributed by atoms with E-state index in [0.717, 1.165) is 12.8 Å². The van der Waals surface area contributed by atoms with E-state index in [2.05, 4.69) is 10.6 Å². The lowest BCUT2D eigenvalue weighted by atomic mass is 10.2. The third kappa shape index (κ3) is 4.97. The Bertz CT molecular complexity index is 790. The van der Waals surface area contributed by atoms with Crippen LogP contribution in [0.5, 0.6) is 5.75 Å². The zero-order chi connectivity index (χ0) is 17.8. The molecule has 1 aliphatic rings. The Kier molecular flexibility index (Phi) is 5.24. The van der Waals surface area contributed by atoms with Crippen LogP contribution < -0.4 is 15.4 Å². The maximum absolute atomic E-state index is 12.3. The van der Waals surface area contributed by atoms with Crippen LogP contribution in [0.2, 0.25) is 5.02 Å². The molecule has 2 aromatic rings. The van der Waals surface area contributed by atoms with Crippen molar-refractivity contribution in [3.63, 3.8) is 0 Å². The van der Waals surface area contributed by atoms with Crippen molar-refractivity contribution in [2.45, 2.75) is 31.9 Å². The van der Waals surface area contributed by atoms with E-state index in [9.17, 15) is 9.59 Å². The number of hydrogen-bond acceptors (Lipinski definition) is 3. The predicted octanol–water partition coefficient (Wildman–Crippen LogP) is 3.64. The molecule has 2 aromatic carbocycles. The van der Waals surface area contributed by atoms with Crippen molar-refractivity contribution in [2.75, 3.05) is 5.32 Å². The minimum absolute atomic E-state index is 0.123. The summed E-state index contributed by atoms with van der Waals surface area (Å²) in [5.74, 6) is 0.0919. The fraction of sp³-hybridized carbons (Fsp3) is 0.263. The highest BCUT2D eigenvalue weighted by Gasteiger charge is 2.24. The molecular formula is C19H19ClN2O3. The van der Waals surface area contributed by atoms with Crippen molar-refractivity contribution in [2.24, 2.45) is 0 Å². The highest BCUT2D eigenvalue weighted by atomic mass is 35.5. The monoisotopic (exact) mass is 358 g/mol. The minimum atomic E-state index is -0.706. The summed E-state index contributed by atoms with van der Waals surface area (Å²) < 4.78 is 5.59. The van der Waals surface area contributed by atoms with Crippen LogP contribution in [0, 0.1) is 0 Å². The molecule has 2 N–H and O–H groups in total. The number of nitrogens with one attached hydrogen (secondary N) is 2. The third-order valence-corrected chi connectivity index (χ3v) is 4.02. The van der Waals surface area contributed by atoms with Gasteiger partial charge in [0.15, 0.2) is 6.10 Å². The summed E-state index contributed by atoms with van der Waals surface area (Å²) in [4.78, 5) is 24.4. The van der Waals surface area contributed by atoms with E-state index in [1.807, 2.05) is 0 Å². The summed E-state index contributed by atoms with van der Waals surface area (Å²) in [6.45, 7) is 1.65. The molecule has 0 aromatic heterocycles. The smallest absolute Gasteiger partial charge is 0.265 e. The third-order valence-electron chi connectivity index (χ3n) is 3.78. The maximum atomic E-state index is 12.3. The number of amides is 2. The second-order valence-corrected chi connectivity index (χ2v) is 6.47. The molecule has 0 spiro atoms. The molecule has 3 rings (SSSR count). The molecule has 0 saturated heterocycles. The molecular weight excluding hydrogens is 340 g/mol. The normalized spacial score (nSPS) is 14.5. The standard InChI is InChI=1S/C19H19ClN2O3/c1-12(25-17-7-3-5-14(20)11-17)18(23)22-16-6-2-4-13(10-16)19(24)21-15-8-9-15/h2-7,10-12,15H,8-9H2,1H3,(H,21,24)(H,22,23)/t12-/m1/s1. The molecule has 0 unspecified atom stereocenters. The molecule has 6 heteroatoms. The second kappa shape index (κ2) is 7.57. The Morgan fingerprint density at radius 2 is 1.92 bits per heavy atom. The first-order valence-corrected chi connectivity index (χ1v) is 8.53. The van der Waals surface area contributed by atoms with Crippen LogP contribution >= 0.6 is 11.6 Å². The van der Waals surface area contributed by atoms with Gasteiger partial charge in [0.05, 0.1) is 0 Å². The van der Waals surface area contributed by atoms with E-state index < -0.39 is 6.10 Å². The molecule has 130 valence electrons. The van der Waals surface area contributed by atoms with Gasteiger partial charge < -0.3 is 15.4 Å². The molecule has 1 aliphatic carbocycles. The van der Waals surface area contributed by atoms with Gasteiger partial charge in [0.2, 0.25) is 0 Å². The van der Waals surface area contributed by atoms with Crippen LogP contribution in [0.25, 0.3) is 0 Å². The summed E-state index contributed by atoms with van der Waals surface area (Å²) in [5, 5.41) is 6.23. The average Bonchev–Trinajstić information content (AvgIpc) is 3.39. The number of ether oxygens (including phenoxy) is 1. The van der Waals surface area contributed by atoms with Gasteiger partial charge in [0.25, 0.3) is 11.8 Å². The molecule has 0 aliphatic heterocycles. The van der Waals surface area contributed by atoms with Gasteiger partial charge in [-0.1, -0.05) is 23.7 Å². The number of carbonyl (C=O) groups excluding carboxylic acids is 2. The van der Waals surface area contributed by atoms with Crippen LogP contribution in [-0.4, -0.2) is 24.0 Å². The van der Waals surface area contributed by atoms with E-state index in [1.165, 1.54) is 0 Å². The fourth-order valence-electron chi connectivity index (χ4n) is 2.28. The van der Waals surface area contributed by atoms with E-state index in [0.29, 0.717) is 22.0 Å². The summed E-state index contributed by atoms with van der Waals surface area (Å²) in [6.07, 6.45) is 1.35. The quantitative estimate of drug-likeness (QED) is 0.828. The summed E-state index contributed by atoms with van der Waals surface area (Å²) >= 11 is 5.91. The molecule has 0 radical (unpaired) electrons. The fourth-order valence-corrected chi connectivity index (χ4v) is 2.46. The van der Waals surface area contributed by atoms with Gasteiger partial charge in [-0.15, -0.1) is 0 Å². The molecule has 1 atom stereocenters. The summed E-state index contributed by atoms with van der Waals surface area (Å²) in [6, 6.07) is 14.0. The molecule has 1 fully saturated rings. The Hall–Kier alpha value is -2.53. The molecule has 1 saturated carbocycles. The van der Waals surface area contributed by atoms with E-state index in [-0.39, 0.29) is 17.9 Å². The Balaban J connectivity index is 1.60. The zero-order valence-electron chi connectivity index (χ0n) is 13.8. The molecule has 5 nitrogen and oxygen atoms in total. The molecule has 25 heavy (non-hydrogen) atoms. The lowest BCUT2D eigenvalue weighted by Gasteiger charge is -2.15. The second-order valence-electron chi connectivity index (χ2n) is 6.04. The van der Waals surface area contributed by atoms with Gasteiger partial charge >= 0.3 is 0 Å². The van der Waals surface area contributed by atoms with E-state index in [1.54, 1.807) is 55.5 Å². The maximum Gasteiger partial charge on any atom is 0.265 e. The molecule has 0 heterocycles. The number of anilines is 1. The lowest BCUT2D eigenvalue weighted by molar-refractivity contribution is -0.122. The van der Waals surface area contributed by atoms with Gasteiger partial charge in [-0.2, -0.15) is 0 Å². The first-order valence-electron chi connectivity index (χ1n) is 8.15. The number of halogens is 1. The van der Waals surface area contributed by atoms with Crippen molar-refractivity contribution in [3.8, 4) is 5.75 Å². The largest absolute Gasteiger partial charge is 0.481 e.